The highest BCUT2D eigenvalue weighted by Gasteiger charge is 2.11. The number of hydrogen-bond acceptors (Lipinski definition) is 5. The van der Waals surface area contributed by atoms with Gasteiger partial charge in [0.2, 0.25) is 0 Å². The Labute approximate surface area is 168 Å². The van der Waals surface area contributed by atoms with Gasteiger partial charge in [-0.15, -0.1) is 5.10 Å². The minimum absolute atomic E-state index is 0.0419. The third kappa shape index (κ3) is 4.00. The van der Waals surface area contributed by atoms with E-state index in [-0.39, 0.29) is 17.4 Å². The van der Waals surface area contributed by atoms with Crippen molar-refractivity contribution in [1.29, 1.82) is 0 Å². The molecule has 0 N–H and O–H groups in total. The molecule has 4 aromatic rings. The quantitative estimate of drug-likeness (QED) is 0.231. The van der Waals surface area contributed by atoms with Crippen molar-refractivity contribution in [3.05, 3.63) is 82.1 Å². The summed E-state index contributed by atoms with van der Waals surface area (Å²) in [5.41, 5.74) is 1.38. The highest BCUT2D eigenvalue weighted by Crippen LogP contribution is 2.25. The van der Waals surface area contributed by atoms with E-state index in [2.05, 4.69) is 5.10 Å². The normalized spacial score (nSPS) is 11.0. The molecule has 0 bridgehead atoms. The first-order valence-electron chi connectivity index (χ1n) is 8.11. The molecule has 4 rings (SSSR count). The van der Waals surface area contributed by atoms with E-state index >= 15 is 0 Å². The molecule has 0 amide bonds. The zero-order valence-corrected chi connectivity index (χ0v) is 16.4. The van der Waals surface area contributed by atoms with Gasteiger partial charge >= 0.3 is 0 Å². The second kappa shape index (κ2) is 7.72. The van der Waals surface area contributed by atoms with Gasteiger partial charge in [0, 0.05) is 5.56 Å². The van der Waals surface area contributed by atoms with Crippen molar-refractivity contribution >= 4 is 51.9 Å². The summed E-state index contributed by atoms with van der Waals surface area (Å²) in [6.07, 6.45) is 0. The van der Waals surface area contributed by atoms with Crippen molar-refractivity contribution in [2.45, 2.75) is 4.34 Å². The van der Waals surface area contributed by atoms with Crippen LogP contribution in [0, 0.1) is 9.77 Å². The number of thioether (sulfide) groups is 1. The van der Waals surface area contributed by atoms with Gasteiger partial charge in [0.1, 0.15) is 5.82 Å². The monoisotopic (exact) mass is 412 g/mol. The molecular formula is C20H13FN2OS3. The summed E-state index contributed by atoms with van der Waals surface area (Å²) >= 11 is 8.04. The van der Waals surface area contributed by atoms with E-state index in [0.717, 1.165) is 10.8 Å². The van der Waals surface area contributed by atoms with E-state index in [1.165, 1.54) is 35.2 Å². The summed E-state index contributed by atoms with van der Waals surface area (Å²) in [5, 5.41) is 6.60. The van der Waals surface area contributed by atoms with Crippen molar-refractivity contribution in [3.8, 4) is 5.69 Å². The maximum Gasteiger partial charge on any atom is 0.184 e. The fraction of sp³-hybridized carbons (Fsp3) is 0.0500. The first-order chi connectivity index (χ1) is 13.1. The van der Waals surface area contributed by atoms with Gasteiger partial charge in [0.05, 0.1) is 11.4 Å². The first kappa shape index (κ1) is 18.0. The molecule has 0 unspecified atom stereocenters. The Kier molecular flexibility index (Phi) is 5.15. The smallest absolute Gasteiger partial charge is 0.184 e. The van der Waals surface area contributed by atoms with E-state index in [1.807, 2.05) is 42.5 Å². The number of aromatic nitrogens is 2. The second-order valence-electron chi connectivity index (χ2n) is 5.80. The van der Waals surface area contributed by atoms with Crippen LogP contribution in [-0.2, 0) is 0 Å². The SMILES string of the molecule is O=C(CSc1nn(-c2ccc(F)cc2)c(=S)s1)c1ccc2ccccc2c1. The number of halogens is 1. The minimum atomic E-state index is -0.309. The molecule has 0 radical (unpaired) electrons. The number of nitrogens with zero attached hydrogens (tertiary/aromatic N) is 2. The van der Waals surface area contributed by atoms with Crippen molar-refractivity contribution < 1.29 is 9.18 Å². The van der Waals surface area contributed by atoms with Crippen molar-refractivity contribution in [1.82, 2.24) is 9.78 Å². The molecular weight excluding hydrogens is 399 g/mol. The van der Waals surface area contributed by atoms with Gasteiger partial charge in [-0.3, -0.25) is 4.79 Å². The minimum Gasteiger partial charge on any atom is -0.293 e. The fourth-order valence-corrected chi connectivity index (χ4v) is 4.89. The average molecular weight is 413 g/mol. The molecule has 0 saturated heterocycles. The molecule has 0 fully saturated rings. The fourth-order valence-electron chi connectivity index (χ4n) is 2.64. The molecule has 1 aromatic heterocycles. The van der Waals surface area contributed by atoms with Crippen LogP contribution < -0.4 is 0 Å². The van der Waals surface area contributed by atoms with Gasteiger partial charge in [-0.25, -0.2) is 9.07 Å². The van der Waals surface area contributed by atoms with Gasteiger partial charge in [0.25, 0.3) is 0 Å². The van der Waals surface area contributed by atoms with Crippen LogP contribution in [0.1, 0.15) is 10.4 Å². The van der Waals surface area contributed by atoms with E-state index in [9.17, 15) is 9.18 Å². The van der Waals surface area contributed by atoms with Crippen LogP contribution in [0.15, 0.2) is 71.1 Å². The highest BCUT2D eigenvalue weighted by atomic mass is 32.2. The van der Waals surface area contributed by atoms with E-state index in [1.54, 1.807) is 16.8 Å². The predicted molar refractivity (Wildman–Crippen MR) is 111 cm³/mol. The van der Waals surface area contributed by atoms with E-state index in [4.69, 9.17) is 12.2 Å². The average Bonchev–Trinajstić information content (AvgIpc) is 3.07. The van der Waals surface area contributed by atoms with Crippen LogP contribution in [-0.4, -0.2) is 21.3 Å². The summed E-state index contributed by atoms with van der Waals surface area (Å²) in [7, 11) is 0. The largest absolute Gasteiger partial charge is 0.293 e. The van der Waals surface area contributed by atoms with Gasteiger partial charge in [0.15, 0.2) is 14.1 Å². The van der Waals surface area contributed by atoms with Gasteiger partial charge in [-0.05, 0) is 53.3 Å². The molecule has 27 heavy (non-hydrogen) atoms. The standard InChI is InChI=1S/C20H13FN2OS3/c21-16-7-9-17(10-8-16)23-20(25)27-19(22-23)26-12-18(24)15-6-5-13-3-1-2-4-14(13)11-15/h1-11H,12H2. The molecule has 0 saturated carbocycles. The van der Waals surface area contributed by atoms with Crippen LogP contribution in [0.3, 0.4) is 0 Å². The molecule has 1 heterocycles. The Morgan fingerprint density at radius 2 is 1.81 bits per heavy atom. The Hall–Kier alpha value is -2.35. The third-order valence-electron chi connectivity index (χ3n) is 4.00. The first-order valence-corrected chi connectivity index (χ1v) is 10.3. The number of rotatable bonds is 5. The Morgan fingerprint density at radius 3 is 2.59 bits per heavy atom. The van der Waals surface area contributed by atoms with Crippen molar-refractivity contribution in [2.24, 2.45) is 0 Å². The lowest BCUT2D eigenvalue weighted by Crippen LogP contribution is -2.02. The molecule has 0 aliphatic rings. The van der Waals surface area contributed by atoms with Crippen molar-refractivity contribution in [3.63, 3.8) is 0 Å². The number of carbonyl (C=O) groups is 1. The van der Waals surface area contributed by atoms with Crippen LogP contribution in [0.4, 0.5) is 4.39 Å². The Balaban J connectivity index is 1.49. The van der Waals surface area contributed by atoms with E-state index < -0.39 is 0 Å². The molecule has 0 aliphatic heterocycles. The number of benzene rings is 3. The van der Waals surface area contributed by atoms with Crippen LogP contribution in [0.25, 0.3) is 16.5 Å². The van der Waals surface area contributed by atoms with Crippen LogP contribution in [0.2, 0.25) is 0 Å². The molecule has 7 heteroatoms. The third-order valence-corrected chi connectivity index (χ3v) is 6.36. The Bertz CT molecular complexity index is 1180. The number of fused-ring (bicyclic) bond motifs is 1. The lowest BCUT2D eigenvalue weighted by Gasteiger charge is -2.02. The second-order valence-corrected chi connectivity index (χ2v) is 8.64. The molecule has 0 aliphatic carbocycles. The summed E-state index contributed by atoms with van der Waals surface area (Å²) in [6, 6.07) is 19.7. The highest BCUT2D eigenvalue weighted by molar-refractivity contribution is 8.01. The summed E-state index contributed by atoms with van der Waals surface area (Å²) in [5.74, 6) is 0.0145. The topological polar surface area (TPSA) is 34.9 Å². The zero-order valence-electron chi connectivity index (χ0n) is 14.0. The summed E-state index contributed by atoms with van der Waals surface area (Å²) < 4.78 is 15.9. The zero-order chi connectivity index (χ0) is 18.8. The summed E-state index contributed by atoms with van der Waals surface area (Å²) in [4.78, 5) is 12.5. The predicted octanol–water partition coefficient (Wildman–Crippen LogP) is 5.93. The van der Waals surface area contributed by atoms with Gasteiger partial charge in [-0.2, -0.15) is 0 Å². The molecule has 3 aromatic carbocycles. The maximum absolute atomic E-state index is 13.1. The lowest BCUT2D eigenvalue weighted by molar-refractivity contribution is 0.102. The lowest BCUT2D eigenvalue weighted by atomic mass is 10.1. The molecule has 3 nitrogen and oxygen atoms in total. The number of carbonyl (C=O) groups excluding carboxylic acids is 1. The number of ketones is 1. The van der Waals surface area contributed by atoms with Gasteiger partial charge < -0.3 is 0 Å². The number of hydrogen-bond donors (Lipinski definition) is 0. The van der Waals surface area contributed by atoms with Crippen LogP contribution in [0.5, 0.6) is 0 Å². The summed E-state index contributed by atoms with van der Waals surface area (Å²) in [6.45, 7) is 0. The maximum atomic E-state index is 13.1. The van der Waals surface area contributed by atoms with Crippen LogP contribution >= 0.6 is 35.3 Å². The number of Topliss-reactive ketones (excluding diaryl/α,β-unsaturated/α-hetero) is 1. The van der Waals surface area contributed by atoms with Crippen molar-refractivity contribution in [2.75, 3.05) is 5.75 Å². The molecule has 134 valence electrons. The Morgan fingerprint density at radius 1 is 1.07 bits per heavy atom. The van der Waals surface area contributed by atoms with E-state index in [0.29, 0.717) is 19.5 Å². The molecule has 0 spiro atoms. The molecule has 0 atom stereocenters. The van der Waals surface area contributed by atoms with Gasteiger partial charge in [-0.1, -0.05) is 59.5 Å².